The van der Waals surface area contributed by atoms with Crippen LogP contribution in [0.4, 0.5) is 0 Å². The zero-order valence-electron chi connectivity index (χ0n) is 8.63. The lowest BCUT2D eigenvalue weighted by Gasteiger charge is -2.13. The van der Waals surface area contributed by atoms with Crippen LogP contribution in [0.25, 0.3) is 0 Å². The maximum absolute atomic E-state index is 6.40. The predicted octanol–water partition coefficient (Wildman–Crippen LogP) is 6.08. The van der Waals surface area contributed by atoms with Crippen LogP contribution in [0.15, 0.2) is 46.9 Å². The number of alkyl halides is 1. The summed E-state index contributed by atoms with van der Waals surface area (Å²) in [5.74, 6) is 0. The van der Waals surface area contributed by atoms with E-state index in [1.165, 1.54) is 0 Å². The molecule has 0 spiro atoms. The molecule has 0 saturated carbocycles. The van der Waals surface area contributed by atoms with E-state index in [-0.39, 0.29) is 5.38 Å². The van der Waals surface area contributed by atoms with Crippen molar-refractivity contribution in [3.05, 3.63) is 68.1 Å². The number of hydrogen-bond donors (Lipinski definition) is 0. The van der Waals surface area contributed by atoms with Crippen molar-refractivity contribution in [3.8, 4) is 0 Å². The molecule has 0 radical (unpaired) electrons. The van der Waals surface area contributed by atoms with E-state index in [2.05, 4.69) is 15.9 Å². The molecule has 0 aromatic heterocycles. The van der Waals surface area contributed by atoms with E-state index in [1.807, 2.05) is 36.4 Å². The summed E-state index contributed by atoms with van der Waals surface area (Å²) < 4.78 is 1.02. The minimum atomic E-state index is -0.297. The van der Waals surface area contributed by atoms with Crippen molar-refractivity contribution in [3.63, 3.8) is 0 Å². The summed E-state index contributed by atoms with van der Waals surface area (Å²) in [5, 5.41) is 0.735. The summed E-state index contributed by atoms with van der Waals surface area (Å²) in [4.78, 5) is 0. The molecule has 0 N–H and O–H groups in total. The zero-order valence-corrected chi connectivity index (χ0v) is 12.5. The van der Waals surface area contributed by atoms with E-state index < -0.39 is 0 Å². The highest BCUT2D eigenvalue weighted by Gasteiger charge is 2.15. The fourth-order valence-corrected chi connectivity index (χ4v) is 2.59. The van der Waals surface area contributed by atoms with Gasteiger partial charge in [-0.1, -0.05) is 63.4 Å². The van der Waals surface area contributed by atoms with Crippen LogP contribution in [0, 0.1) is 0 Å². The largest absolute Gasteiger partial charge is 0.113 e. The molecule has 0 heterocycles. The van der Waals surface area contributed by atoms with Crippen molar-refractivity contribution in [2.45, 2.75) is 5.38 Å². The summed E-state index contributed by atoms with van der Waals surface area (Å²) >= 11 is 21.9. The van der Waals surface area contributed by atoms with Gasteiger partial charge in [-0.05, 0) is 29.3 Å². The van der Waals surface area contributed by atoms with Crippen molar-refractivity contribution < 1.29 is 0 Å². The second-order valence-corrected chi connectivity index (χ2v) is 5.69. The maximum Gasteiger partial charge on any atom is 0.0850 e. The third-order valence-electron chi connectivity index (χ3n) is 2.42. The minimum Gasteiger partial charge on any atom is -0.113 e. The molecule has 0 bridgehead atoms. The van der Waals surface area contributed by atoms with Crippen molar-refractivity contribution in [2.24, 2.45) is 0 Å². The van der Waals surface area contributed by atoms with Gasteiger partial charge in [-0.2, -0.15) is 0 Å². The second-order valence-electron chi connectivity index (χ2n) is 3.56. The summed E-state index contributed by atoms with van der Waals surface area (Å²) in [6.07, 6.45) is 0. The third-order valence-corrected chi connectivity index (χ3v) is 4.27. The Morgan fingerprint density at radius 1 is 0.941 bits per heavy atom. The minimum absolute atomic E-state index is 0.297. The zero-order chi connectivity index (χ0) is 12.4. The van der Waals surface area contributed by atoms with Gasteiger partial charge in [0.05, 0.1) is 15.4 Å². The molecular weight excluding hydrogens is 342 g/mol. The van der Waals surface area contributed by atoms with Gasteiger partial charge >= 0.3 is 0 Å². The van der Waals surface area contributed by atoms with E-state index in [9.17, 15) is 0 Å². The Hall–Kier alpha value is -0.210. The quantitative estimate of drug-likeness (QED) is 0.575. The van der Waals surface area contributed by atoms with E-state index >= 15 is 0 Å². The molecule has 0 amide bonds. The Morgan fingerprint density at radius 3 is 2.24 bits per heavy atom. The van der Waals surface area contributed by atoms with Crippen molar-refractivity contribution in [1.29, 1.82) is 0 Å². The van der Waals surface area contributed by atoms with Crippen LogP contribution in [-0.4, -0.2) is 0 Å². The molecule has 0 saturated heterocycles. The van der Waals surface area contributed by atoms with Gasteiger partial charge in [0, 0.05) is 4.47 Å². The van der Waals surface area contributed by atoms with Gasteiger partial charge in [-0.25, -0.2) is 0 Å². The van der Waals surface area contributed by atoms with Crippen LogP contribution in [0.5, 0.6) is 0 Å². The molecule has 0 nitrogen and oxygen atoms in total. The number of hydrogen-bond acceptors (Lipinski definition) is 0. The molecule has 1 atom stereocenters. The Kier molecular flexibility index (Phi) is 4.37. The lowest BCUT2D eigenvalue weighted by Crippen LogP contribution is -1.94. The van der Waals surface area contributed by atoms with Crippen molar-refractivity contribution >= 4 is 50.7 Å². The smallest absolute Gasteiger partial charge is 0.0850 e. The normalized spacial score (nSPS) is 12.5. The standard InChI is InChI=1S/C13H8BrCl3/c14-9-6-4-8(5-7-9)12(16)10-2-1-3-11(15)13(10)17/h1-7,12H. The molecule has 2 aromatic rings. The first-order chi connectivity index (χ1) is 8.09. The molecule has 1 unspecified atom stereocenters. The molecule has 0 fully saturated rings. The molecule has 4 heteroatoms. The van der Waals surface area contributed by atoms with Gasteiger partial charge in [-0.3, -0.25) is 0 Å². The highest BCUT2D eigenvalue weighted by atomic mass is 79.9. The Labute approximate surface area is 124 Å². The molecular formula is C13H8BrCl3. The highest BCUT2D eigenvalue weighted by Crippen LogP contribution is 2.37. The number of benzene rings is 2. The fraction of sp³-hybridized carbons (Fsp3) is 0.0769. The fourth-order valence-electron chi connectivity index (χ4n) is 1.53. The first-order valence-electron chi connectivity index (χ1n) is 4.93. The average molecular weight is 350 g/mol. The topological polar surface area (TPSA) is 0 Å². The van der Waals surface area contributed by atoms with Crippen LogP contribution in [-0.2, 0) is 0 Å². The molecule has 2 rings (SSSR count). The molecule has 2 aromatic carbocycles. The number of halogens is 4. The summed E-state index contributed by atoms with van der Waals surface area (Å²) in [6.45, 7) is 0. The predicted molar refractivity (Wildman–Crippen MR) is 78.3 cm³/mol. The Balaban J connectivity index is 2.40. The summed E-state index contributed by atoms with van der Waals surface area (Å²) in [5.41, 5.74) is 1.81. The van der Waals surface area contributed by atoms with Crippen molar-refractivity contribution in [1.82, 2.24) is 0 Å². The first kappa shape index (κ1) is 13.2. The SMILES string of the molecule is Clc1cccc(C(Cl)c2ccc(Br)cc2)c1Cl. The maximum atomic E-state index is 6.40. The van der Waals surface area contributed by atoms with E-state index in [0.717, 1.165) is 15.6 Å². The van der Waals surface area contributed by atoms with E-state index in [1.54, 1.807) is 6.07 Å². The molecule has 88 valence electrons. The van der Waals surface area contributed by atoms with Gasteiger partial charge in [0.1, 0.15) is 0 Å². The van der Waals surface area contributed by atoms with E-state index in [0.29, 0.717) is 10.0 Å². The lowest BCUT2D eigenvalue weighted by atomic mass is 10.0. The van der Waals surface area contributed by atoms with Crippen LogP contribution < -0.4 is 0 Å². The summed E-state index contributed by atoms with van der Waals surface area (Å²) in [7, 11) is 0. The van der Waals surface area contributed by atoms with Crippen LogP contribution >= 0.6 is 50.7 Å². The van der Waals surface area contributed by atoms with Gasteiger partial charge in [-0.15, -0.1) is 11.6 Å². The molecule has 0 aliphatic carbocycles. The monoisotopic (exact) mass is 348 g/mol. The van der Waals surface area contributed by atoms with Gasteiger partial charge in [0.15, 0.2) is 0 Å². The van der Waals surface area contributed by atoms with Crippen LogP contribution in [0.1, 0.15) is 16.5 Å². The van der Waals surface area contributed by atoms with Crippen LogP contribution in [0.2, 0.25) is 10.0 Å². The van der Waals surface area contributed by atoms with Gasteiger partial charge < -0.3 is 0 Å². The number of rotatable bonds is 2. The highest BCUT2D eigenvalue weighted by molar-refractivity contribution is 9.10. The third kappa shape index (κ3) is 2.97. The average Bonchev–Trinajstić information content (AvgIpc) is 2.33. The molecule has 17 heavy (non-hydrogen) atoms. The Morgan fingerprint density at radius 2 is 1.59 bits per heavy atom. The molecule has 0 aliphatic heterocycles. The van der Waals surface area contributed by atoms with Crippen LogP contribution in [0.3, 0.4) is 0 Å². The van der Waals surface area contributed by atoms with Gasteiger partial charge in [0.2, 0.25) is 0 Å². The summed E-state index contributed by atoms with van der Waals surface area (Å²) in [6, 6.07) is 13.3. The first-order valence-corrected chi connectivity index (χ1v) is 6.91. The van der Waals surface area contributed by atoms with E-state index in [4.69, 9.17) is 34.8 Å². The lowest BCUT2D eigenvalue weighted by molar-refractivity contribution is 1.14. The second kappa shape index (κ2) is 5.62. The van der Waals surface area contributed by atoms with Crippen molar-refractivity contribution in [2.75, 3.05) is 0 Å². The molecule has 0 aliphatic rings. The van der Waals surface area contributed by atoms with Gasteiger partial charge in [0.25, 0.3) is 0 Å². The Bertz CT molecular complexity index is 523.